The molecule has 0 saturated heterocycles. The van der Waals surface area contributed by atoms with Crippen LogP contribution < -0.4 is 37.2 Å². The van der Waals surface area contributed by atoms with Crippen molar-refractivity contribution < 1.29 is 58.9 Å². The first-order chi connectivity index (χ1) is 15.6. The fourth-order valence-corrected chi connectivity index (χ4v) is 5.82. The van der Waals surface area contributed by atoms with Crippen LogP contribution in [-0.4, -0.2) is 0 Å². The fraction of sp³-hybridized carbons (Fsp3) is 0.303. The van der Waals surface area contributed by atoms with Gasteiger partial charge in [-0.2, -0.15) is 11.6 Å². The molecule has 0 bridgehead atoms. The van der Waals surface area contributed by atoms with Crippen LogP contribution >= 0.6 is 0 Å². The van der Waals surface area contributed by atoms with Gasteiger partial charge in [0.15, 0.2) is 0 Å². The SMILES string of the molecule is Cc1cc(C)cc(C(c2cc(C)cc(C)c2)(c2cc(C)cc(C)c2)[c-]2cccc2C(C)C)c1.[Cl-].[Cl-].[Cl-].[Ti+4]. The number of hydrogen-bond donors (Lipinski definition) is 0. The number of hydrogen-bond acceptors (Lipinski definition) is 0. The second-order valence-electron chi connectivity index (χ2n) is 10.4. The molecule has 0 saturated carbocycles. The van der Waals surface area contributed by atoms with Crippen molar-refractivity contribution in [2.75, 3.05) is 0 Å². The molecule has 4 aromatic rings. The van der Waals surface area contributed by atoms with Gasteiger partial charge in [0.05, 0.1) is 0 Å². The van der Waals surface area contributed by atoms with Gasteiger partial charge in [0, 0.05) is 5.41 Å². The Kier molecular flexibility index (Phi) is 13.6. The predicted molar refractivity (Wildman–Crippen MR) is 143 cm³/mol. The molecule has 0 atom stereocenters. The zero-order chi connectivity index (χ0) is 23.9. The van der Waals surface area contributed by atoms with E-state index in [9.17, 15) is 0 Å². The van der Waals surface area contributed by atoms with Gasteiger partial charge >= 0.3 is 21.7 Å². The van der Waals surface area contributed by atoms with E-state index in [1.54, 1.807) is 0 Å². The first-order valence-corrected chi connectivity index (χ1v) is 12.1. The number of halogens is 3. The van der Waals surface area contributed by atoms with E-state index >= 15 is 0 Å². The minimum atomic E-state index is -0.382. The van der Waals surface area contributed by atoms with Crippen molar-refractivity contribution in [1.82, 2.24) is 0 Å². The van der Waals surface area contributed by atoms with Crippen molar-refractivity contribution in [1.29, 1.82) is 0 Å². The molecule has 0 fully saturated rings. The summed E-state index contributed by atoms with van der Waals surface area (Å²) in [5.41, 5.74) is 14.3. The maximum absolute atomic E-state index is 2.40. The van der Waals surface area contributed by atoms with Crippen LogP contribution in [0.2, 0.25) is 0 Å². The molecule has 0 heterocycles. The second kappa shape index (κ2) is 14.1. The molecule has 4 aromatic carbocycles. The van der Waals surface area contributed by atoms with Gasteiger partial charge in [-0.15, -0.1) is 5.56 Å². The quantitative estimate of drug-likeness (QED) is 0.172. The van der Waals surface area contributed by atoms with E-state index in [2.05, 4.69) is 128 Å². The Morgan fingerprint density at radius 2 is 0.838 bits per heavy atom. The topological polar surface area (TPSA) is 0 Å². The molecule has 0 radical (unpaired) electrons. The number of rotatable bonds is 5. The molecular formula is C33H37Cl3Ti. The summed E-state index contributed by atoms with van der Waals surface area (Å²) in [6.45, 7) is 18.0. The largest absolute Gasteiger partial charge is 4.00 e. The summed E-state index contributed by atoms with van der Waals surface area (Å²) in [6, 6.07) is 28.2. The van der Waals surface area contributed by atoms with E-state index in [4.69, 9.17) is 0 Å². The van der Waals surface area contributed by atoms with Crippen molar-refractivity contribution in [2.45, 2.75) is 66.7 Å². The Morgan fingerprint density at radius 3 is 1.11 bits per heavy atom. The fourth-order valence-electron chi connectivity index (χ4n) is 5.82. The molecule has 0 nitrogen and oxygen atoms in total. The molecule has 0 unspecified atom stereocenters. The van der Waals surface area contributed by atoms with Crippen LogP contribution in [0.1, 0.15) is 81.0 Å². The molecule has 37 heavy (non-hydrogen) atoms. The van der Waals surface area contributed by atoms with Crippen molar-refractivity contribution >= 4 is 0 Å². The van der Waals surface area contributed by atoms with Crippen LogP contribution in [-0.2, 0) is 27.1 Å². The molecule has 0 aliphatic heterocycles. The Balaban J connectivity index is 0.00000324. The molecule has 4 rings (SSSR count). The monoisotopic (exact) mass is 586 g/mol. The van der Waals surface area contributed by atoms with Crippen molar-refractivity contribution in [3.05, 3.63) is 134 Å². The van der Waals surface area contributed by atoms with Crippen LogP contribution in [0.4, 0.5) is 0 Å². The standard InChI is InChI=1S/C33H37.3ClH.Ti/c1-21(2)31-10-9-11-32(31)33(28-15-22(3)12-23(4)16-28,29-17-24(5)13-25(6)18-29)30-19-26(7)14-27(8)20-30;;;;/h9-21H,1-8H3;3*1H;/q-1;;;;+4/p-3. The van der Waals surface area contributed by atoms with Gasteiger partial charge in [-0.05, 0) is 64.2 Å². The predicted octanol–water partition coefficient (Wildman–Crippen LogP) is -0.228. The van der Waals surface area contributed by atoms with Crippen molar-refractivity contribution in [2.24, 2.45) is 0 Å². The molecule has 0 aliphatic carbocycles. The molecule has 0 aromatic heterocycles. The van der Waals surface area contributed by atoms with Crippen molar-refractivity contribution in [3.63, 3.8) is 0 Å². The van der Waals surface area contributed by atoms with E-state index in [0.29, 0.717) is 5.92 Å². The maximum Gasteiger partial charge on any atom is 4.00 e. The third-order valence-corrected chi connectivity index (χ3v) is 6.84. The Labute approximate surface area is 258 Å². The Morgan fingerprint density at radius 1 is 0.541 bits per heavy atom. The Hall–Kier alpha value is -1.41. The van der Waals surface area contributed by atoms with Gasteiger partial charge in [-0.1, -0.05) is 102 Å². The minimum absolute atomic E-state index is 0. The van der Waals surface area contributed by atoms with Crippen LogP contribution in [0.25, 0.3) is 0 Å². The second-order valence-corrected chi connectivity index (χ2v) is 10.4. The molecule has 0 N–H and O–H groups in total. The first kappa shape index (κ1) is 35.6. The maximum atomic E-state index is 2.40. The average molecular weight is 588 g/mol. The summed E-state index contributed by atoms with van der Waals surface area (Å²) in [5, 5.41) is 0. The third kappa shape index (κ3) is 6.97. The van der Waals surface area contributed by atoms with Gasteiger partial charge in [-0.25, -0.2) is 12.1 Å². The first-order valence-electron chi connectivity index (χ1n) is 12.1. The summed E-state index contributed by atoms with van der Waals surface area (Å²) in [5.74, 6) is 0.442. The molecule has 0 spiro atoms. The summed E-state index contributed by atoms with van der Waals surface area (Å²) < 4.78 is 0. The molecule has 0 aliphatic rings. The van der Waals surface area contributed by atoms with Crippen LogP contribution in [0.5, 0.6) is 0 Å². The summed E-state index contributed by atoms with van der Waals surface area (Å²) >= 11 is 0. The van der Waals surface area contributed by atoms with Crippen molar-refractivity contribution in [3.8, 4) is 0 Å². The zero-order valence-electron chi connectivity index (χ0n) is 23.1. The third-order valence-electron chi connectivity index (χ3n) is 6.84. The van der Waals surface area contributed by atoms with Gasteiger partial charge in [-0.3, -0.25) is 0 Å². The molecule has 194 valence electrons. The van der Waals surface area contributed by atoms with Crippen LogP contribution in [0.15, 0.2) is 72.8 Å². The van der Waals surface area contributed by atoms with Crippen LogP contribution in [0, 0.1) is 41.5 Å². The van der Waals surface area contributed by atoms with Gasteiger partial charge in [0.1, 0.15) is 0 Å². The van der Waals surface area contributed by atoms with Gasteiger partial charge in [0.25, 0.3) is 0 Å². The number of aryl methyl sites for hydroxylation is 6. The molecular weight excluding hydrogens is 551 g/mol. The zero-order valence-corrected chi connectivity index (χ0v) is 27.0. The summed E-state index contributed by atoms with van der Waals surface area (Å²) in [4.78, 5) is 0. The number of benzene rings is 3. The van der Waals surface area contributed by atoms with Crippen LogP contribution in [0.3, 0.4) is 0 Å². The van der Waals surface area contributed by atoms with E-state index in [1.165, 1.54) is 61.2 Å². The minimum Gasteiger partial charge on any atom is -1.00 e. The van der Waals surface area contributed by atoms with Gasteiger partial charge in [0.2, 0.25) is 0 Å². The van der Waals surface area contributed by atoms with E-state index < -0.39 is 0 Å². The summed E-state index contributed by atoms with van der Waals surface area (Å²) in [6.07, 6.45) is 0. The normalized spacial score (nSPS) is 10.6. The molecule has 0 amide bonds. The molecule has 4 heteroatoms. The average Bonchev–Trinajstić information content (AvgIpc) is 3.17. The van der Waals surface area contributed by atoms with E-state index in [-0.39, 0.29) is 64.4 Å². The van der Waals surface area contributed by atoms with E-state index in [1.807, 2.05) is 0 Å². The van der Waals surface area contributed by atoms with E-state index in [0.717, 1.165) is 0 Å². The smallest absolute Gasteiger partial charge is 1.00 e. The van der Waals surface area contributed by atoms with Gasteiger partial charge < -0.3 is 37.2 Å². The summed E-state index contributed by atoms with van der Waals surface area (Å²) in [7, 11) is 0. The Bertz CT molecular complexity index is 1130.